The first-order valence-corrected chi connectivity index (χ1v) is 8.75. The number of aromatic amines is 1. The minimum Gasteiger partial charge on any atom is -0.482 e. The van der Waals surface area contributed by atoms with Gasteiger partial charge in [-0.05, 0) is 44.4 Å². The lowest BCUT2D eigenvalue weighted by molar-refractivity contribution is -0.132. The molecule has 136 valence electrons. The molecule has 2 aromatic rings. The number of anilines is 1. The number of benzene rings is 1. The Morgan fingerprint density at radius 2 is 2.23 bits per heavy atom. The highest BCUT2D eigenvalue weighted by molar-refractivity contribution is 6.02. The lowest BCUT2D eigenvalue weighted by Crippen LogP contribution is -2.46. The van der Waals surface area contributed by atoms with Gasteiger partial charge in [-0.3, -0.25) is 19.6 Å². The summed E-state index contributed by atoms with van der Waals surface area (Å²) in [6, 6.07) is 5.50. The van der Waals surface area contributed by atoms with Crippen LogP contribution in [0.5, 0.6) is 5.75 Å². The molecule has 26 heavy (non-hydrogen) atoms. The van der Waals surface area contributed by atoms with E-state index in [0.29, 0.717) is 23.8 Å². The zero-order valence-electron chi connectivity index (χ0n) is 14.9. The molecule has 1 aromatic carbocycles. The first-order valence-electron chi connectivity index (χ1n) is 8.75. The van der Waals surface area contributed by atoms with Crippen molar-refractivity contribution in [3.05, 3.63) is 35.4 Å². The zero-order valence-corrected chi connectivity index (χ0v) is 14.9. The van der Waals surface area contributed by atoms with Gasteiger partial charge in [-0.2, -0.15) is 5.10 Å². The van der Waals surface area contributed by atoms with Gasteiger partial charge in [-0.25, -0.2) is 4.98 Å². The molecular formula is C18H21N5O3. The molecule has 2 aliphatic heterocycles. The second kappa shape index (κ2) is 6.44. The van der Waals surface area contributed by atoms with E-state index in [1.807, 2.05) is 32.0 Å². The monoisotopic (exact) mass is 355 g/mol. The van der Waals surface area contributed by atoms with Crippen LogP contribution < -0.4 is 9.64 Å². The topological polar surface area (TPSA) is 91.4 Å². The van der Waals surface area contributed by atoms with Crippen molar-refractivity contribution in [2.24, 2.45) is 0 Å². The first kappa shape index (κ1) is 16.6. The number of ether oxygens (including phenoxy) is 1. The SMILES string of the molecule is Cc1ccc2c(c1)N(CC(=O)N1CCC[C@@H]1c1n[nH]c(C)n1)C(=O)CO2. The van der Waals surface area contributed by atoms with Crippen molar-refractivity contribution in [3.63, 3.8) is 0 Å². The molecule has 8 heteroatoms. The number of nitrogens with one attached hydrogen (secondary N) is 1. The zero-order chi connectivity index (χ0) is 18.3. The Hall–Kier alpha value is -2.90. The Morgan fingerprint density at radius 1 is 1.38 bits per heavy atom. The van der Waals surface area contributed by atoms with Gasteiger partial charge in [-0.1, -0.05) is 6.07 Å². The van der Waals surface area contributed by atoms with Gasteiger partial charge in [0.2, 0.25) is 5.91 Å². The summed E-state index contributed by atoms with van der Waals surface area (Å²) in [5.74, 6) is 1.69. The lowest BCUT2D eigenvalue weighted by atomic mass is 10.1. The summed E-state index contributed by atoms with van der Waals surface area (Å²) in [6.45, 7) is 4.38. The van der Waals surface area contributed by atoms with Crippen LogP contribution in [0.4, 0.5) is 5.69 Å². The number of rotatable bonds is 3. The molecule has 0 saturated carbocycles. The number of carbonyl (C=O) groups is 2. The fourth-order valence-corrected chi connectivity index (χ4v) is 3.55. The van der Waals surface area contributed by atoms with Crippen molar-refractivity contribution in [2.75, 3.05) is 24.6 Å². The minimum atomic E-state index is -0.207. The number of H-pyrrole nitrogens is 1. The van der Waals surface area contributed by atoms with E-state index in [1.54, 1.807) is 4.90 Å². The fourth-order valence-electron chi connectivity index (χ4n) is 3.55. The van der Waals surface area contributed by atoms with E-state index in [-0.39, 0.29) is 31.0 Å². The second-order valence-electron chi connectivity index (χ2n) is 6.76. The Labute approximate surface area is 151 Å². The maximum Gasteiger partial charge on any atom is 0.265 e. The van der Waals surface area contributed by atoms with E-state index in [4.69, 9.17) is 4.74 Å². The van der Waals surface area contributed by atoms with Crippen LogP contribution in [0, 0.1) is 13.8 Å². The molecule has 2 aliphatic rings. The Morgan fingerprint density at radius 3 is 3.00 bits per heavy atom. The van der Waals surface area contributed by atoms with Gasteiger partial charge < -0.3 is 9.64 Å². The Bertz CT molecular complexity index is 862. The number of nitrogens with zero attached hydrogens (tertiary/aromatic N) is 4. The highest BCUT2D eigenvalue weighted by Gasteiger charge is 2.35. The summed E-state index contributed by atoms with van der Waals surface area (Å²) in [5.41, 5.74) is 1.66. The minimum absolute atomic E-state index is 0.00144. The number of carbonyl (C=O) groups excluding carboxylic acids is 2. The molecule has 4 rings (SSSR count). The molecule has 1 saturated heterocycles. The number of amides is 2. The maximum atomic E-state index is 13.0. The molecule has 0 radical (unpaired) electrons. The van der Waals surface area contributed by atoms with Crippen LogP contribution in [0.2, 0.25) is 0 Å². The average molecular weight is 355 g/mol. The van der Waals surface area contributed by atoms with Crippen molar-refractivity contribution < 1.29 is 14.3 Å². The molecule has 1 N–H and O–H groups in total. The van der Waals surface area contributed by atoms with E-state index < -0.39 is 0 Å². The highest BCUT2D eigenvalue weighted by atomic mass is 16.5. The summed E-state index contributed by atoms with van der Waals surface area (Å²) < 4.78 is 5.48. The predicted molar refractivity (Wildman–Crippen MR) is 93.8 cm³/mol. The average Bonchev–Trinajstić information content (AvgIpc) is 3.26. The number of aromatic nitrogens is 3. The molecule has 1 aromatic heterocycles. The summed E-state index contributed by atoms with van der Waals surface area (Å²) in [5, 5.41) is 7.04. The van der Waals surface area contributed by atoms with Crippen LogP contribution in [0.15, 0.2) is 18.2 Å². The van der Waals surface area contributed by atoms with Gasteiger partial charge >= 0.3 is 0 Å². The van der Waals surface area contributed by atoms with Crippen LogP contribution in [0.25, 0.3) is 0 Å². The number of hydrogen-bond donors (Lipinski definition) is 1. The normalized spacial score (nSPS) is 19.5. The van der Waals surface area contributed by atoms with Gasteiger partial charge in [0, 0.05) is 6.54 Å². The van der Waals surface area contributed by atoms with E-state index in [0.717, 1.165) is 24.2 Å². The van der Waals surface area contributed by atoms with E-state index in [2.05, 4.69) is 15.2 Å². The summed E-state index contributed by atoms with van der Waals surface area (Å²) >= 11 is 0. The molecule has 0 unspecified atom stereocenters. The second-order valence-corrected chi connectivity index (χ2v) is 6.76. The third kappa shape index (κ3) is 2.91. The third-order valence-corrected chi connectivity index (χ3v) is 4.84. The van der Waals surface area contributed by atoms with Crippen molar-refractivity contribution in [3.8, 4) is 5.75 Å². The van der Waals surface area contributed by atoms with Crippen LogP contribution in [0.3, 0.4) is 0 Å². The van der Waals surface area contributed by atoms with Crippen molar-refractivity contribution in [1.82, 2.24) is 20.1 Å². The Kier molecular flexibility index (Phi) is 4.10. The van der Waals surface area contributed by atoms with Crippen LogP contribution in [-0.2, 0) is 9.59 Å². The molecule has 1 fully saturated rings. The standard InChI is InChI=1S/C18H21N5O3/c1-11-5-6-15-14(8-11)23(17(25)10-26-15)9-16(24)22-7-3-4-13(22)18-19-12(2)20-21-18/h5-6,8,13H,3-4,7,9-10H2,1-2H3,(H,19,20,21)/t13-/m1/s1. The number of likely N-dealkylation sites (tertiary alicyclic amines) is 1. The van der Waals surface area contributed by atoms with Gasteiger partial charge in [-0.15, -0.1) is 0 Å². The summed E-state index contributed by atoms with van der Waals surface area (Å²) in [4.78, 5) is 33.0. The Balaban J connectivity index is 1.56. The smallest absolute Gasteiger partial charge is 0.265 e. The summed E-state index contributed by atoms with van der Waals surface area (Å²) in [7, 11) is 0. The molecule has 1 atom stereocenters. The van der Waals surface area contributed by atoms with Gasteiger partial charge in [0.1, 0.15) is 18.1 Å². The fraction of sp³-hybridized carbons (Fsp3) is 0.444. The predicted octanol–water partition coefficient (Wildman–Crippen LogP) is 1.51. The number of fused-ring (bicyclic) bond motifs is 1. The maximum absolute atomic E-state index is 13.0. The largest absolute Gasteiger partial charge is 0.482 e. The van der Waals surface area contributed by atoms with Crippen molar-refractivity contribution in [2.45, 2.75) is 32.7 Å². The molecule has 0 spiro atoms. The summed E-state index contributed by atoms with van der Waals surface area (Å²) in [6.07, 6.45) is 1.73. The van der Waals surface area contributed by atoms with Crippen molar-refractivity contribution >= 4 is 17.5 Å². The molecular weight excluding hydrogens is 334 g/mol. The van der Waals surface area contributed by atoms with Crippen LogP contribution in [-0.4, -0.2) is 51.6 Å². The van der Waals surface area contributed by atoms with Crippen LogP contribution >= 0.6 is 0 Å². The molecule has 8 nitrogen and oxygen atoms in total. The third-order valence-electron chi connectivity index (χ3n) is 4.84. The highest BCUT2D eigenvalue weighted by Crippen LogP contribution is 2.34. The number of hydrogen-bond acceptors (Lipinski definition) is 5. The van der Waals surface area contributed by atoms with Gasteiger partial charge in [0.25, 0.3) is 5.91 Å². The van der Waals surface area contributed by atoms with Crippen LogP contribution in [0.1, 0.15) is 36.1 Å². The van der Waals surface area contributed by atoms with E-state index in [1.165, 1.54) is 4.90 Å². The molecule has 3 heterocycles. The first-order chi connectivity index (χ1) is 12.5. The lowest BCUT2D eigenvalue weighted by Gasteiger charge is -2.31. The van der Waals surface area contributed by atoms with Crippen molar-refractivity contribution in [1.29, 1.82) is 0 Å². The van der Waals surface area contributed by atoms with E-state index in [9.17, 15) is 9.59 Å². The number of aryl methyl sites for hydroxylation is 2. The van der Waals surface area contributed by atoms with Gasteiger partial charge in [0.05, 0.1) is 11.7 Å². The van der Waals surface area contributed by atoms with Gasteiger partial charge in [0.15, 0.2) is 12.4 Å². The molecule has 0 bridgehead atoms. The van der Waals surface area contributed by atoms with E-state index >= 15 is 0 Å². The molecule has 0 aliphatic carbocycles. The quantitative estimate of drug-likeness (QED) is 0.901. The molecule has 2 amide bonds.